The maximum Gasteiger partial charge on any atom is 0.503 e. The first-order valence-corrected chi connectivity index (χ1v) is 12.1. The van der Waals surface area contributed by atoms with E-state index in [2.05, 4.69) is 22.6 Å². The molecule has 1 aromatic heterocycles. The van der Waals surface area contributed by atoms with E-state index in [1.807, 2.05) is 73.7 Å². The van der Waals surface area contributed by atoms with Crippen molar-refractivity contribution in [3.05, 3.63) is 95.7 Å². The molecule has 9 nitrogen and oxygen atoms in total. The average Bonchev–Trinajstić information content (AvgIpc) is 3.69. The first-order chi connectivity index (χ1) is 18.3. The minimum Gasteiger partial charge on any atom is -0.457 e. The zero-order valence-corrected chi connectivity index (χ0v) is 21.0. The highest BCUT2D eigenvalue weighted by molar-refractivity contribution is 5.91. The Morgan fingerprint density at radius 2 is 1.53 bits per heavy atom. The lowest BCUT2D eigenvalue weighted by Gasteiger charge is -2.14. The van der Waals surface area contributed by atoms with Gasteiger partial charge < -0.3 is 24.2 Å². The number of rotatable bonds is 7. The largest absolute Gasteiger partial charge is 0.503 e. The van der Waals surface area contributed by atoms with Crippen molar-refractivity contribution in [2.24, 2.45) is 0 Å². The third-order valence-electron chi connectivity index (χ3n) is 5.93. The Bertz CT molecular complexity index is 1360. The van der Waals surface area contributed by atoms with Crippen LogP contribution in [0.4, 0.5) is 15.3 Å². The molecule has 1 heterocycles. The van der Waals surface area contributed by atoms with E-state index in [4.69, 9.17) is 29.0 Å². The summed E-state index contributed by atoms with van der Waals surface area (Å²) in [5.41, 5.74) is 4.09. The number of hydrogen-bond acceptors (Lipinski definition) is 6. The van der Waals surface area contributed by atoms with E-state index in [-0.39, 0.29) is 6.10 Å². The lowest BCUT2D eigenvalue weighted by atomic mass is 10.1. The molecule has 38 heavy (non-hydrogen) atoms. The van der Waals surface area contributed by atoms with Gasteiger partial charge in [-0.15, -0.1) is 0 Å². The smallest absolute Gasteiger partial charge is 0.457 e. The summed E-state index contributed by atoms with van der Waals surface area (Å²) in [7, 11) is 0. The molecule has 9 heteroatoms. The van der Waals surface area contributed by atoms with Crippen LogP contribution in [0.2, 0.25) is 0 Å². The number of carboxylic acid groups (broad SMARTS) is 2. The third-order valence-corrected chi connectivity index (χ3v) is 5.93. The van der Waals surface area contributed by atoms with Gasteiger partial charge in [0.05, 0.1) is 0 Å². The fourth-order valence-electron chi connectivity index (χ4n) is 3.84. The highest BCUT2D eigenvalue weighted by Gasteiger charge is 2.23. The first-order valence-electron chi connectivity index (χ1n) is 12.1. The molecular formula is C29H28N2O7. The van der Waals surface area contributed by atoms with Crippen molar-refractivity contribution < 1.29 is 33.8 Å². The molecular weight excluding hydrogens is 488 g/mol. The molecule has 0 aliphatic heterocycles. The highest BCUT2D eigenvalue weighted by Crippen LogP contribution is 2.40. The Balaban J connectivity index is 0.000000786. The number of aryl methyl sites for hydroxylation is 1. The van der Waals surface area contributed by atoms with E-state index < -0.39 is 12.2 Å². The summed E-state index contributed by atoms with van der Waals surface area (Å²) in [6, 6.07) is 25.4. The molecule has 1 atom stereocenters. The number of carbonyl (C=O) groups excluding carboxylic acids is 1. The molecule has 1 fully saturated rings. The Hall–Kier alpha value is -4.79. The number of benzene rings is 3. The van der Waals surface area contributed by atoms with Gasteiger partial charge in [0, 0.05) is 5.56 Å². The molecule has 1 aliphatic carbocycles. The van der Waals surface area contributed by atoms with Crippen molar-refractivity contribution in [2.45, 2.75) is 38.7 Å². The van der Waals surface area contributed by atoms with Crippen LogP contribution in [0.25, 0.3) is 11.3 Å². The van der Waals surface area contributed by atoms with E-state index in [1.165, 1.54) is 18.4 Å². The lowest BCUT2D eigenvalue weighted by molar-refractivity contribution is 0.121. The topological polar surface area (TPSA) is 131 Å². The fraction of sp³-hybridized carbons (Fsp3) is 0.207. The number of nitrogens with zero attached hydrogens (tertiary/aromatic N) is 1. The van der Waals surface area contributed by atoms with Gasteiger partial charge in [0.25, 0.3) is 0 Å². The zero-order valence-electron chi connectivity index (χ0n) is 21.0. The molecule has 196 valence electrons. The Labute approximate surface area is 219 Å². The quantitative estimate of drug-likeness (QED) is 0.226. The molecule has 3 aromatic carbocycles. The Morgan fingerprint density at radius 3 is 2.11 bits per heavy atom. The number of hydrogen-bond donors (Lipinski definition) is 3. The molecule has 1 amide bonds. The standard InChI is InChI=1S/C28H26N2O4.CH2O3/c1-18(20-6-4-3-5-7-20)32-28(31)29-26-19(2)34-30-27(26)23-12-16-25(17-13-23)33-24-14-10-22(11-15-24)21-8-9-21;2-1(3)4/h3-7,10-18,21H,8-9H2,1-2H3,(H,29,31);(H2,2,3,4)/t18-;/m1./s1. The van der Waals surface area contributed by atoms with Crippen LogP contribution < -0.4 is 10.1 Å². The SMILES string of the molecule is Cc1onc(-c2ccc(Oc3ccc(C4CC4)cc3)cc2)c1NC(=O)O[C@H](C)c1ccccc1.O=C(O)O. The van der Waals surface area contributed by atoms with Crippen molar-refractivity contribution in [1.82, 2.24) is 5.16 Å². The summed E-state index contributed by atoms with van der Waals surface area (Å²) in [6.45, 7) is 3.57. The van der Waals surface area contributed by atoms with E-state index in [9.17, 15) is 4.79 Å². The average molecular weight is 517 g/mol. The van der Waals surface area contributed by atoms with Crippen molar-refractivity contribution >= 4 is 17.9 Å². The first kappa shape index (κ1) is 26.3. The lowest BCUT2D eigenvalue weighted by Crippen LogP contribution is -2.16. The van der Waals surface area contributed by atoms with Gasteiger partial charge in [-0.25, -0.2) is 9.59 Å². The van der Waals surface area contributed by atoms with Gasteiger partial charge in [0.15, 0.2) is 5.76 Å². The molecule has 5 rings (SSSR count). The van der Waals surface area contributed by atoms with Crippen LogP contribution in [0, 0.1) is 6.92 Å². The number of anilines is 1. The summed E-state index contributed by atoms with van der Waals surface area (Å²) in [6.07, 6.45) is -0.230. The van der Waals surface area contributed by atoms with Gasteiger partial charge >= 0.3 is 12.2 Å². The van der Waals surface area contributed by atoms with Crippen LogP contribution in [-0.2, 0) is 4.74 Å². The molecule has 0 saturated heterocycles. The van der Waals surface area contributed by atoms with E-state index in [1.54, 1.807) is 6.92 Å². The molecule has 1 aliphatic rings. The molecule has 4 aromatic rings. The van der Waals surface area contributed by atoms with Crippen molar-refractivity contribution in [1.29, 1.82) is 0 Å². The van der Waals surface area contributed by atoms with E-state index in [0.717, 1.165) is 22.8 Å². The van der Waals surface area contributed by atoms with Crippen LogP contribution in [0.1, 0.15) is 48.7 Å². The third kappa shape index (κ3) is 7.13. The van der Waals surface area contributed by atoms with Crippen LogP contribution in [-0.4, -0.2) is 27.6 Å². The predicted octanol–water partition coefficient (Wildman–Crippen LogP) is 7.85. The highest BCUT2D eigenvalue weighted by atomic mass is 16.6. The van der Waals surface area contributed by atoms with E-state index in [0.29, 0.717) is 22.9 Å². The summed E-state index contributed by atoms with van der Waals surface area (Å²) in [5.74, 6) is 2.73. The number of ether oxygens (including phenoxy) is 2. The molecule has 0 unspecified atom stereocenters. The summed E-state index contributed by atoms with van der Waals surface area (Å²) < 4.78 is 16.9. The van der Waals surface area contributed by atoms with Crippen molar-refractivity contribution in [3.63, 3.8) is 0 Å². The monoisotopic (exact) mass is 516 g/mol. The maximum absolute atomic E-state index is 12.5. The molecule has 0 radical (unpaired) electrons. The van der Waals surface area contributed by atoms with Gasteiger partial charge in [-0.05, 0) is 80.1 Å². The summed E-state index contributed by atoms with van der Waals surface area (Å²) >= 11 is 0. The number of nitrogens with one attached hydrogen (secondary N) is 1. The van der Waals surface area contributed by atoms with Gasteiger partial charge in [-0.1, -0.05) is 47.6 Å². The maximum atomic E-state index is 12.5. The minimum atomic E-state index is -1.83. The molecule has 1 saturated carbocycles. The predicted molar refractivity (Wildman–Crippen MR) is 141 cm³/mol. The second-order valence-electron chi connectivity index (χ2n) is 8.80. The van der Waals surface area contributed by atoms with Crippen molar-refractivity contribution in [3.8, 4) is 22.8 Å². The van der Waals surface area contributed by atoms with Crippen molar-refractivity contribution in [2.75, 3.05) is 5.32 Å². The van der Waals surface area contributed by atoms with Crippen LogP contribution in [0.15, 0.2) is 83.4 Å². The fourth-order valence-corrected chi connectivity index (χ4v) is 3.84. The number of carbonyl (C=O) groups is 2. The summed E-state index contributed by atoms with van der Waals surface area (Å²) in [4.78, 5) is 21.1. The van der Waals surface area contributed by atoms with Crippen LogP contribution >= 0.6 is 0 Å². The molecule has 3 N–H and O–H groups in total. The summed E-state index contributed by atoms with van der Waals surface area (Å²) in [5, 5.41) is 20.9. The van der Waals surface area contributed by atoms with Gasteiger partial charge in [-0.2, -0.15) is 0 Å². The minimum absolute atomic E-state index is 0.389. The Morgan fingerprint density at radius 1 is 0.947 bits per heavy atom. The van der Waals surface area contributed by atoms with Gasteiger partial charge in [-0.3, -0.25) is 5.32 Å². The normalized spacial score (nSPS) is 13.0. The number of amides is 1. The molecule has 0 spiro atoms. The van der Waals surface area contributed by atoms with Gasteiger partial charge in [0.2, 0.25) is 0 Å². The van der Waals surface area contributed by atoms with Gasteiger partial charge in [0.1, 0.15) is 29.0 Å². The van der Waals surface area contributed by atoms with E-state index >= 15 is 0 Å². The zero-order chi connectivity index (χ0) is 27.1. The second-order valence-corrected chi connectivity index (χ2v) is 8.80. The van der Waals surface area contributed by atoms with Crippen LogP contribution in [0.3, 0.4) is 0 Å². The number of aromatic nitrogens is 1. The second kappa shape index (κ2) is 12.0. The molecule has 0 bridgehead atoms. The van der Waals surface area contributed by atoms with Crippen LogP contribution in [0.5, 0.6) is 11.5 Å². The Kier molecular flexibility index (Phi) is 8.27.